The molecule has 0 amide bonds. The van der Waals surface area contributed by atoms with E-state index in [9.17, 15) is 33.7 Å². The summed E-state index contributed by atoms with van der Waals surface area (Å²) in [6, 6.07) is 0. The Balaban J connectivity index is 1.62. The molecule has 0 aromatic carbocycles. The molecule has 3 aromatic heterocycles. The first-order valence-corrected chi connectivity index (χ1v) is 15.1. The number of hydrogen-bond donors (Lipinski definition) is 7. The second-order valence-corrected chi connectivity index (χ2v) is 12.9. The van der Waals surface area contributed by atoms with E-state index in [2.05, 4.69) is 33.4 Å². The van der Waals surface area contributed by atoms with Gasteiger partial charge in [-0.3, -0.25) is 4.52 Å². The lowest BCUT2D eigenvalue weighted by Crippen LogP contribution is -2.44. The highest BCUT2D eigenvalue weighted by Gasteiger charge is 2.54. The first-order valence-electron chi connectivity index (χ1n) is 10.5. The van der Waals surface area contributed by atoms with Crippen LogP contribution in [0.25, 0.3) is 22.4 Å². The van der Waals surface area contributed by atoms with Crippen LogP contribution < -0.4 is 10.4 Å². The number of aromatic nitrogens is 7. The number of aliphatic hydroxyl groups excluding tert-OH is 1. The minimum atomic E-state index is -5.76. The zero-order valence-electron chi connectivity index (χ0n) is 20.2. The highest BCUT2D eigenvalue weighted by Crippen LogP contribution is 2.66. The fraction of sp³-hybridized carbons (Fsp3) is 0.533. The van der Waals surface area contributed by atoms with E-state index in [1.165, 1.54) is 27.2 Å². The predicted molar refractivity (Wildman–Crippen MR) is 123 cm³/mol. The normalized spacial score (nSPS) is 27.1. The smallest absolute Gasteiger partial charge is 0.387 e. The van der Waals surface area contributed by atoms with Gasteiger partial charge in [-0.2, -0.15) is 8.62 Å². The van der Waals surface area contributed by atoms with Gasteiger partial charge in [0.05, 0.1) is 34.9 Å². The maximum Gasteiger partial charge on any atom is 0.490 e. The Morgan fingerprint density at radius 2 is 1.85 bits per heavy atom. The van der Waals surface area contributed by atoms with Gasteiger partial charge in [0.2, 0.25) is 0 Å². The Morgan fingerprint density at radius 1 is 1.18 bits per heavy atom. The topological polar surface area (TPSA) is 301 Å². The third-order valence-corrected chi connectivity index (χ3v) is 9.32. The number of tetrazole rings is 1. The fourth-order valence-electron chi connectivity index (χ4n) is 3.99. The third-order valence-electron chi connectivity index (χ3n) is 5.51. The van der Waals surface area contributed by atoms with Gasteiger partial charge < -0.3 is 44.8 Å². The van der Waals surface area contributed by atoms with Crippen molar-refractivity contribution in [3.8, 4) is 11.4 Å². The van der Waals surface area contributed by atoms with E-state index in [0.29, 0.717) is 16.8 Å². The molecular weight excluding hydrogens is 593 g/mol. The molecule has 8 N–H and O–H groups in total. The summed E-state index contributed by atoms with van der Waals surface area (Å²) >= 11 is 0. The highest BCUT2D eigenvalue weighted by molar-refractivity contribution is 7.66. The van der Waals surface area contributed by atoms with Crippen LogP contribution in [0.15, 0.2) is 12.5 Å². The molecule has 6 atom stereocenters. The SMILES string of the molecule is Cn1nc(-c2cn([C@@H]3O[C@H](COP(=O)(O)OP(=O)(O)OP(=O)(O)O)[C@@H](O)[C@@]3(C)O)c3ncnc(N)c23)[n+](C)n1. The molecule has 24 heteroatoms. The quantitative estimate of drug-likeness (QED) is 0.101. The molecule has 0 saturated carbocycles. The van der Waals surface area contributed by atoms with Crippen LogP contribution in [-0.4, -0.2) is 83.8 Å². The fourth-order valence-corrected chi connectivity index (χ4v) is 7.02. The van der Waals surface area contributed by atoms with E-state index in [0.717, 1.165) is 6.33 Å². The van der Waals surface area contributed by atoms with Crippen LogP contribution in [0.5, 0.6) is 0 Å². The molecule has 0 bridgehead atoms. The number of hydrogen-bond acceptors (Lipinski definition) is 14. The molecule has 21 nitrogen and oxygen atoms in total. The number of nitrogens with zero attached hydrogens (tertiary/aromatic N) is 7. The molecule has 1 saturated heterocycles. The van der Waals surface area contributed by atoms with Crippen molar-refractivity contribution in [1.29, 1.82) is 0 Å². The van der Waals surface area contributed by atoms with Crippen LogP contribution in [0.2, 0.25) is 0 Å². The molecule has 1 aliphatic heterocycles. The summed E-state index contributed by atoms with van der Waals surface area (Å²) < 4.78 is 54.8. The lowest BCUT2D eigenvalue weighted by atomic mass is 9.96. The molecule has 1 fully saturated rings. The van der Waals surface area contributed by atoms with Crippen molar-refractivity contribution in [2.75, 3.05) is 12.3 Å². The Kier molecular flexibility index (Phi) is 7.63. The average molecular weight is 617 g/mol. The molecule has 4 heterocycles. The van der Waals surface area contributed by atoms with Crippen molar-refractivity contribution in [2.45, 2.75) is 31.0 Å². The monoisotopic (exact) mass is 617 g/mol. The van der Waals surface area contributed by atoms with E-state index < -0.39 is 54.1 Å². The summed E-state index contributed by atoms with van der Waals surface area (Å²) in [5, 5.41) is 30.6. The molecule has 0 aliphatic carbocycles. The number of phosphoric acid groups is 3. The molecule has 216 valence electrons. The number of rotatable bonds is 9. The minimum Gasteiger partial charge on any atom is -0.387 e. The summed E-state index contributed by atoms with van der Waals surface area (Å²) in [6.07, 6.45) is -2.10. The number of anilines is 1. The molecule has 3 aromatic rings. The lowest BCUT2D eigenvalue weighted by Gasteiger charge is -2.27. The van der Waals surface area contributed by atoms with Crippen molar-refractivity contribution < 1.29 is 66.0 Å². The van der Waals surface area contributed by atoms with Crippen molar-refractivity contribution in [3.05, 3.63) is 12.5 Å². The molecule has 0 spiro atoms. The molecule has 39 heavy (non-hydrogen) atoms. The summed E-state index contributed by atoms with van der Waals surface area (Å²) in [5.74, 6) is 0.395. The van der Waals surface area contributed by atoms with Crippen LogP contribution in [0.1, 0.15) is 13.2 Å². The summed E-state index contributed by atoms with van der Waals surface area (Å²) in [5.41, 5.74) is 4.56. The van der Waals surface area contributed by atoms with Crippen molar-refractivity contribution in [3.63, 3.8) is 0 Å². The number of ether oxygens (including phenoxy) is 1. The Morgan fingerprint density at radius 3 is 2.44 bits per heavy atom. The van der Waals surface area contributed by atoms with E-state index in [-0.39, 0.29) is 11.5 Å². The Bertz CT molecular complexity index is 1550. The zero-order valence-corrected chi connectivity index (χ0v) is 22.9. The van der Waals surface area contributed by atoms with Gasteiger partial charge >= 0.3 is 29.3 Å². The van der Waals surface area contributed by atoms with Gasteiger partial charge in [0.1, 0.15) is 42.6 Å². The van der Waals surface area contributed by atoms with Crippen molar-refractivity contribution in [2.24, 2.45) is 14.1 Å². The average Bonchev–Trinajstić information content (AvgIpc) is 3.36. The first kappa shape index (κ1) is 29.8. The molecule has 4 rings (SSSR count). The number of nitrogens with two attached hydrogens (primary N) is 1. The summed E-state index contributed by atoms with van der Waals surface area (Å²) in [4.78, 5) is 45.7. The van der Waals surface area contributed by atoms with Crippen molar-refractivity contribution >= 4 is 40.3 Å². The Labute approximate surface area is 217 Å². The number of nitrogen functional groups attached to an aromatic ring is 1. The van der Waals surface area contributed by atoms with Gasteiger partial charge in [-0.15, -0.1) is 4.68 Å². The standard InChI is InChI=1S/C15H23N8O13P3/c1-15(25)10(24)8(5-33-38(29,30)36-39(31,32)35-37(26,27)28)34-14(15)23-4-7(12-19-22(3)20-21(12)2)9-11(16)17-6-18-13(9)23/h4,6,8,10,14,24-25H,5H2,1-3H3,(H5-,16,17,18,26,27,28,29,30,31,32)/p+1/t8-,10-,14-,15-/m1/s1. The highest BCUT2D eigenvalue weighted by atomic mass is 31.3. The molecule has 0 radical (unpaired) electrons. The van der Waals surface area contributed by atoms with Crippen LogP contribution in [-0.2, 0) is 45.7 Å². The second-order valence-electron chi connectivity index (χ2n) is 8.52. The van der Waals surface area contributed by atoms with Crippen LogP contribution in [0.4, 0.5) is 5.82 Å². The lowest BCUT2D eigenvalue weighted by molar-refractivity contribution is -0.722. The maximum absolute atomic E-state index is 12.1. The molecule has 1 aliphatic rings. The van der Waals surface area contributed by atoms with Crippen LogP contribution in [0.3, 0.4) is 0 Å². The van der Waals surface area contributed by atoms with Crippen molar-refractivity contribution in [1.82, 2.24) is 29.6 Å². The number of aryl methyl sites for hydroxylation is 2. The minimum absolute atomic E-state index is 0.0572. The van der Waals surface area contributed by atoms with Gasteiger partial charge in [0, 0.05) is 6.20 Å². The van der Waals surface area contributed by atoms with Gasteiger partial charge in [0.15, 0.2) is 6.23 Å². The molecular formula is C15H24N8O13P3+. The first-order chi connectivity index (χ1) is 17.8. The van der Waals surface area contributed by atoms with Crippen LogP contribution >= 0.6 is 23.5 Å². The predicted octanol–water partition coefficient (Wildman–Crippen LogP) is -2.01. The largest absolute Gasteiger partial charge is 0.490 e. The number of phosphoric ester groups is 1. The van der Waals surface area contributed by atoms with Gasteiger partial charge in [-0.05, 0) is 11.7 Å². The van der Waals surface area contributed by atoms with Crippen LogP contribution in [0, 0.1) is 0 Å². The number of aliphatic hydroxyl groups is 2. The van der Waals surface area contributed by atoms with Gasteiger partial charge in [-0.25, -0.2) is 23.7 Å². The Hall–Kier alpha value is -2.22. The van der Waals surface area contributed by atoms with Gasteiger partial charge in [0.25, 0.3) is 0 Å². The zero-order chi connectivity index (χ0) is 29.1. The summed E-state index contributed by atoms with van der Waals surface area (Å²) in [7, 11) is -13.6. The number of fused-ring (bicyclic) bond motifs is 1. The third kappa shape index (κ3) is 6.10. The van der Waals surface area contributed by atoms with Gasteiger partial charge in [-0.1, -0.05) is 0 Å². The summed E-state index contributed by atoms with van der Waals surface area (Å²) in [6.45, 7) is 0.200. The second kappa shape index (κ2) is 10.0. The maximum atomic E-state index is 12.1. The molecule has 2 unspecified atom stereocenters. The van der Waals surface area contributed by atoms with E-state index in [4.69, 9.17) is 20.3 Å². The van der Waals surface area contributed by atoms with E-state index >= 15 is 0 Å². The van der Waals surface area contributed by atoms with E-state index in [1.807, 2.05) is 0 Å². The van der Waals surface area contributed by atoms with E-state index in [1.54, 1.807) is 14.1 Å².